The third-order valence-electron chi connectivity index (χ3n) is 1.69. The molecule has 4 nitrogen and oxygen atoms in total. The smallest absolute Gasteiger partial charge is 0.332 e. The molecule has 0 saturated heterocycles. The maximum Gasteiger partial charge on any atom is 0.332 e. The van der Waals surface area contributed by atoms with Crippen LogP contribution in [0.5, 0.6) is 0 Å². The van der Waals surface area contributed by atoms with E-state index in [1.807, 2.05) is 18.2 Å². The normalized spacial score (nSPS) is 12.5. The standard InChI is InChI=1S/C6H5N.C3H6O3/c7-6-4-2-1-3-5(4)6;1-2(4)3(5)6/h1-3H,7H2;2,4H,1H3,(H,5,6). The lowest BCUT2D eigenvalue weighted by Gasteiger charge is -1.89. The highest BCUT2D eigenvalue weighted by atomic mass is 16.4. The predicted octanol–water partition coefficient (Wildman–Crippen LogP) is 0.701. The van der Waals surface area contributed by atoms with E-state index in [2.05, 4.69) is 0 Å². The third-order valence-corrected chi connectivity index (χ3v) is 1.69. The second-order valence-electron chi connectivity index (χ2n) is 2.78. The molecule has 70 valence electrons. The van der Waals surface area contributed by atoms with Crippen molar-refractivity contribution < 1.29 is 15.0 Å². The summed E-state index contributed by atoms with van der Waals surface area (Å²) in [7, 11) is 0. The first-order valence-electron chi connectivity index (χ1n) is 3.83. The maximum atomic E-state index is 9.45. The van der Waals surface area contributed by atoms with E-state index in [0.717, 1.165) is 5.69 Å². The fourth-order valence-corrected chi connectivity index (χ4v) is 0.833. The Hall–Kier alpha value is -1.55. The molecule has 0 aromatic rings. The highest BCUT2D eigenvalue weighted by Crippen LogP contribution is 2.45. The van der Waals surface area contributed by atoms with Gasteiger partial charge in [0.25, 0.3) is 0 Å². The lowest BCUT2D eigenvalue weighted by Crippen LogP contribution is -2.13. The number of aliphatic hydroxyl groups excluding tert-OH is 1. The highest BCUT2D eigenvalue weighted by Gasteiger charge is 2.18. The number of carbonyl (C=O) groups is 1. The van der Waals surface area contributed by atoms with Crippen LogP contribution in [0, 0.1) is 0 Å². The molecule has 13 heavy (non-hydrogen) atoms. The molecule has 0 aromatic heterocycles. The molecule has 2 aliphatic carbocycles. The average molecular weight is 181 g/mol. The molecular formula is C9H11NO3. The van der Waals surface area contributed by atoms with Gasteiger partial charge in [0.15, 0.2) is 0 Å². The minimum Gasteiger partial charge on any atom is -0.479 e. The largest absolute Gasteiger partial charge is 0.479 e. The summed E-state index contributed by atoms with van der Waals surface area (Å²) in [5.41, 5.74) is 8.92. The summed E-state index contributed by atoms with van der Waals surface area (Å²) >= 11 is 0. The number of para-hydroxylation sites is 1. The molecule has 0 radical (unpaired) electrons. The second kappa shape index (κ2) is 3.45. The molecular weight excluding hydrogens is 170 g/mol. The molecule has 4 heteroatoms. The zero-order valence-electron chi connectivity index (χ0n) is 7.19. The van der Waals surface area contributed by atoms with E-state index in [-0.39, 0.29) is 0 Å². The molecule has 0 aromatic carbocycles. The van der Waals surface area contributed by atoms with Gasteiger partial charge in [-0.1, -0.05) is 18.2 Å². The van der Waals surface area contributed by atoms with Crippen molar-refractivity contribution in [2.45, 2.75) is 13.0 Å². The molecule has 0 saturated carbocycles. The number of rotatable bonds is 1. The first-order chi connectivity index (χ1) is 6.04. The molecule has 4 N–H and O–H groups in total. The van der Waals surface area contributed by atoms with Gasteiger partial charge < -0.3 is 15.9 Å². The number of benzene rings is 1. The number of nitrogens with two attached hydrogens (primary N) is 1. The Bertz CT molecular complexity index is 313. The van der Waals surface area contributed by atoms with Gasteiger partial charge in [0.2, 0.25) is 0 Å². The van der Waals surface area contributed by atoms with Crippen molar-refractivity contribution in [1.82, 2.24) is 0 Å². The number of hydrogen-bond donors (Lipinski definition) is 3. The molecule has 0 aliphatic heterocycles. The molecule has 1 unspecified atom stereocenters. The molecule has 0 spiro atoms. The van der Waals surface area contributed by atoms with E-state index < -0.39 is 12.1 Å². The number of carboxylic acids is 1. The summed E-state index contributed by atoms with van der Waals surface area (Å²) in [6.45, 7) is 1.20. The number of fused-ring (bicyclic) bond motifs is 1. The molecule has 2 aliphatic rings. The number of aliphatic hydroxyl groups is 1. The van der Waals surface area contributed by atoms with Gasteiger partial charge in [0.05, 0.1) is 0 Å². The number of anilines is 1. The Kier molecular flexibility index (Phi) is 2.53. The van der Waals surface area contributed by atoms with Crippen LogP contribution in [-0.2, 0) is 4.79 Å². The van der Waals surface area contributed by atoms with Crippen LogP contribution in [-0.4, -0.2) is 22.3 Å². The van der Waals surface area contributed by atoms with E-state index in [9.17, 15) is 4.79 Å². The van der Waals surface area contributed by atoms with Gasteiger partial charge in [0, 0.05) is 16.8 Å². The summed E-state index contributed by atoms with van der Waals surface area (Å²) in [6.07, 6.45) is -1.23. The fourth-order valence-electron chi connectivity index (χ4n) is 0.833. The van der Waals surface area contributed by atoms with E-state index in [0.29, 0.717) is 0 Å². The average Bonchev–Trinajstić information content (AvgIpc) is 2.52. The first kappa shape index (κ1) is 9.54. The monoisotopic (exact) mass is 181 g/mol. The van der Waals surface area contributed by atoms with Crippen LogP contribution in [0.2, 0.25) is 0 Å². The van der Waals surface area contributed by atoms with Gasteiger partial charge in [-0.05, 0) is 6.92 Å². The minimum absolute atomic E-state index is 0.988. The summed E-state index contributed by atoms with van der Waals surface area (Å²) < 4.78 is 0. The molecule has 0 bridgehead atoms. The van der Waals surface area contributed by atoms with Gasteiger partial charge in [-0.2, -0.15) is 0 Å². The molecule has 0 heterocycles. The minimum atomic E-state index is -1.23. The summed E-state index contributed by atoms with van der Waals surface area (Å²) in [5.74, 6) is -1.19. The number of aliphatic carboxylic acids is 1. The van der Waals surface area contributed by atoms with Crippen molar-refractivity contribution >= 4 is 11.7 Å². The Balaban J connectivity index is 0.000000133. The zero-order valence-corrected chi connectivity index (χ0v) is 7.19. The topological polar surface area (TPSA) is 83.5 Å². The van der Waals surface area contributed by atoms with E-state index >= 15 is 0 Å². The van der Waals surface area contributed by atoms with Gasteiger partial charge in [-0.25, -0.2) is 4.79 Å². The zero-order chi connectivity index (χ0) is 10.0. The van der Waals surface area contributed by atoms with Gasteiger partial charge >= 0.3 is 5.97 Å². The fraction of sp³-hybridized carbons (Fsp3) is 0.222. The van der Waals surface area contributed by atoms with E-state index in [4.69, 9.17) is 15.9 Å². The number of carboxylic acid groups (broad SMARTS) is 1. The van der Waals surface area contributed by atoms with Crippen LogP contribution in [0.15, 0.2) is 18.2 Å². The van der Waals surface area contributed by atoms with Gasteiger partial charge in [-0.3, -0.25) is 0 Å². The maximum absolute atomic E-state index is 9.45. The summed E-state index contributed by atoms with van der Waals surface area (Å²) in [5, 5.41) is 15.8. The van der Waals surface area contributed by atoms with Crippen LogP contribution in [0.4, 0.5) is 5.69 Å². The van der Waals surface area contributed by atoms with Crippen molar-refractivity contribution in [1.29, 1.82) is 0 Å². The third kappa shape index (κ3) is 2.19. The van der Waals surface area contributed by atoms with Gasteiger partial charge in [0.1, 0.15) is 6.10 Å². The number of hydrogen-bond acceptors (Lipinski definition) is 3. The summed E-state index contributed by atoms with van der Waals surface area (Å²) in [6, 6.07) is 6.08. The van der Waals surface area contributed by atoms with Crippen molar-refractivity contribution in [3.05, 3.63) is 18.2 Å². The Morgan fingerprint density at radius 3 is 2.00 bits per heavy atom. The van der Waals surface area contributed by atoms with Crippen LogP contribution < -0.4 is 5.73 Å². The predicted molar refractivity (Wildman–Crippen MR) is 49.2 cm³/mol. The van der Waals surface area contributed by atoms with E-state index in [1.165, 1.54) is 18.1 Å². The Morgan fingerprint density at radius 1 is 1.46 bits per heavy atom. The molecule has 1 atom stereocenters. The Morgan fingerprint density at radius 2 is 1.85 bits per heavy atom. The highest BCUT2D eigenvalue weighted by molar-refractivity contribution is 6.02. The second-order valence-corrected chi connectivity index (χ2v) is 2.78. The van der Waals surface area contributed by atoms with Crippen LogP contribution in [0.3, 0.4) is 0 Å². The van der Waals surface area contributed by atoms with Crippen molar-refractivity contribution in [3.8, 4) is 11.1 Å². The van der Waals surface area contributed by atoms with E-state index in [1.54, 1.807) is 0 Å². The summed E-state index contributed by atoms with van der Waals surface area (Å²) in [4.78, 5) is 9.45. The van der Waals surface area contributed by atoms with Crippen molar-refractivity contribution in [2.24, 2.45) is 0 Å². The van der Waals surface area contributed by atoms with Crippen molar-refractivity contribution in [2.75, 3.05) is 5.73 Å². The SMILES string of the molecule is CC(O)C(=O)O.Nc1c2cccc1-2. The number of nitrogen functional groups attached to an aromatic ring is 1. The molecule has 0 fully saturated rings. The lowest BCUT2D eigenvalue weighted by molar-refractivity contribution is -0.145. The molecule has 0 amide bonds. The Labute approximate surface area is 75.6 Å². The van der Waals surface area contributed by atoms with Crippen LogP contribution >= 0.6 is 0 Å². The van der Waals surface area contributed by atoms with Crippen molar-refractivity contribution in [3.63, 3.8) is 0 Å². The van der Waals surface area contributed by atoms with Gasteiger partial charge in [-0.15, -0.1) is 0 Å². The first-order valence-corrected chi connectivity index (χ1v) is 3.83. The lowest BCUT2D eigenvalue weighted by atomic mass is 10.4. The van der Waals surface area contributed by atoms with Crippen LogP contribution in [0.25, 0.3) is 11.1 Å². The van der Waals surface area contributed by atoms with Crippen LogP contribution in [0.1, 0.15) is 6.92 Å². The quantitative estimate of drug-likeness (QED) is 0.565. The molecule has 2 rings (SSSR count).